The number of rotatable bonds is 5. The molecule has 1 N–H and O–H groups in total. The molecule has 2 aromatic heterocycles. The minimum absolute atomic E-state index is 0.200. The van der Waals surface area contributed by atoms with Crippen LogP contribution in [0.3, 0.4) is 0 Å². The van der Waals surface area contributed by atoms with E-state index in [0.717, 1.165) is 0 Å². The largest absolute Gasteiger partial charge is 0.425 e. The van der Waals surface area contributed by atoms with Gasteiger partial charge in [-0.15, -0.1) is 11.3 Å². The van der Waals surface area contributed by atoms with Crippen LogP contribution in [-0.2, 0) is 11.3 Å². The highest BCUT2D eigenvalue weighted by Gasteiger charge is 2.11. The second-order valence-electron chi connectivity index (χ2n) is 6.10. The smallest absolute Gasteiger partial charge is 0.331 e. The first-order valence-corrected chi connectivity index (χ1v) is 9.58. The number of hydrogen-bond donors (Lipinski definition) is 1. The van der Waals surface area contributed by atoms with E-state index >= 15 is 0 Å². The summed E-state index contributed by atoms with van der Waals surface area (Å²) in [7, 11) is 0. The van der Waals surface area contributed by atoms with Crippen LogP contribution in [0.25, 0.3) is 11.0 Å². The maximum absolute atomic E-state index is 12.3. The summed E-state index contributed by atoms with van der Waals surface area (Å²) in [5.74, 6) is -0.469. The van der Waals surface area contributed by atoms with E-state index < -0.39 is 5.97 Å². The molecular formula is C21H15N3O4S. The molecule has 0 saturated heterocycles. The number of ether oxygens (including phenoxy) is 1. The van der Waals surface area contributed by atoms with Crippen molar-refractivity contribution in [3.63, 3.8) is 0 Å². The molecule has 29 heavy (non-hydrogen) atoms. The van der Waals surface area contributed by atoms with Gasteiger partial charge in [0.25, 0.3) is 11.5 Å². The molecule has 0 aliphatic carbocycles. The normalized spacial score (nSPS) is 10.6. The molecule has 0 unspecified atom stereocenters. The Hall–Kier alpha value is -3.78. The van der Waals surface area contributed by atoms with Gasteiger partial charge in [-0.25, -0.2) is 9.78 Å². The summed E-state index contributed by atoms with van der Waals surface area (Å²) in [5.41, 5.74) is 1.38. The van der Waals surface area contributed by atoms with E-state index in [0.29, 0.717) is 27.3 Å². The second-order valence-corrected chi connectivity index (χ2v) is 7.05. The summed E-state index contributed by atoms with van der Waals surface area (Å²) in [6.45, 7) is -0.237. The Morgan fingerprint density at radius 3 is 2.59 bits per heavy atom. The molecule has 0 spiro atoms. The molecule has 7 nitrogen and oxygen atoms in total. The van der Waals surface area contributed by atoms with Gasteiger partial charge >= 0.3 is 5.97 Å². The van der Waals surface area contributed by atoms with Gasteiger partial charge < -0.3 is 10.1 Å². The quantitative estimate of drug-likeness (QED) is 0.406. The average molecular weight is 405 g/mol. The number of carbonyl (C=O) groups is 2. The van der Waals surface area contributed by atoms with E-state index in [1.807, 2.05) is 5.38 Å². The number of amides is 1. The van der Waals surface area contributed by atoms with Gasteiger partial charge in [0.05, 0.1) is 22.1 Å². The molecule has 2 aromatic carbocycles. The van der Waals surface area contributed by atoms with E-state index in [9.17, 15) is 14.4 Å². The molecule has 0 radical (unpaired) electrons. The van der Waals surface area contributed by atoms with E-state index in [-0.39, 0.29) is 18.0 Å². The predicted octanol–water partition coefficient (Wildman–Crippen LogP) is 3.32. The van der Waals surface area contributed by atoms with Crippen LogP contribution in [0, 0.1) is 0 Å². The number of carbonyl (C=O) groups excluding carboxylic acids is 2. The Labute approximate surface area is 169 Å². The fourth-order valence-electron chi connectivity index (χ4n) is 2.78. The number of benzene rings is 2. The zero-order valence-electron chi connectivity index (χ0n) is 15.1. The zero-order valence-corrected chi connectivity index (χ0v) is 15.9. The van der Waals surface area contributed by atoms with E-state index in [2.05, 4.69) is 10.3 Å². The highest BCUT2D eigenvalue weighted by molar-refractivity contribution is 7.12. The summed E-state index contributed by atoms with van der Waals surface area (Å²) in [6, 6.07) is 17.0. The van der Waals surface area contributed by atoms with Crippen molar-refractivity contribution in [2.75, 3.05) is 5.32 Å². The lowest BCUT2D eigenvalue weighted by Crippen LogP contribution is -2.26. The number of hydrogen-bond acceptors (Lipinski definition) is 6. The van der Waals surface area contributed by atoms with Gasteiger partial charge in [0, 0.05) is 5.69 Å². The summed E-state index contributed by atoms with van der Waals surface area (Å²) >= 11 is 1.35. The number of thiophene rings is 1. The first-order valence-electron chi connectivity index (χ1n) is 8.70. The third-order valence-electron chi connectivity index (χ3n) is 4.13. The molecule has 0 saturated carbocycles. The van der Waals surface area contributed by atoms with Crippen molar-refractivity contribution in [3.8, 4) is 5.75 Å². The third kappa shape index (κ3) is 4.22. The molecule has 8 heteroatoms. The Balaban J connectivity index is 1.43. The average Bonchev–Trinajstić information content (AvgIpc) is 3.27. The molecule has 4 aromatic rings. The molecule has 144 valence electrons. The van der Waals surface area contributed by atoms with E-state index in [1.54, 1.807) is 60.7 Å². The van der Waals surface area contributed by atoms with Gasteiger partial charge in [-0.05, 0) is 47.8 Å². The SMILES string of the molecule is O=C(Cn1c(=O)cnc2ccccc21)Oc1ccc(NC(=O)c2cccs2)cc1. The number of esters is 1. The first-order chi connectivity index (χ1) is 14.1. The summed E-state index contributed by atoms with van der Waals surface area (Å²) in [5, 5.41) is 4.60. The van der Waals surface area contributed by atoms with E-state index in [4.69, 9.17) is 4.74 Å². The van der Waals surface area contributed by atoms with E-state index in [1.165, 1.54) is 22.1 Å². The van der Waals surface area contributed by atoms with Crippen LogP contribution >= 0.6 is 11.3 Å². The fraction of sp³-hybridized carbons (Fsp3) is 0.0476. The number of fused-ring (bicyclic) bond motifs is 1. The van der Waals surface area contributed by atoms with Crippen LogP contribution in [0.5, 0.6) is 5.75 Å². The fourth-order valence-corrected chi connectivity index (χ4v) is 3.40. The second kappa shape index (κ2) is 8.07. The molecule has 2 heterocycles. The Bertz CT molecular complexity index is 1230. The first kappa shape index (κ1) is 18.6. The predicted molar refractivity (Wildman–Crippen MR) is 110 cm³/mol. The van der Waals surface area contributed by atoms with Crippen LogP contribution in [0.15, 0.2) is 77.0 Å². The zero-order chi connectivity index (χ0) is 20.2. The van der Waals surface area contributed by atoms with Gasteiger partial charge in [-0.3, -0.25) is 14.2 Å². The topological polar surface area (TPSA) is 90.3 Å². The molecular weight excluding hydrogens is 390 g/mol. The Morgan fingerprint density at radius 1 is 1.03 bits per heavy atom. The standard InChI is InChI=1S/C21H15N3O4S/c25-19-12-22-16-4-1-2-5-17(16)24(19)13-20(26)28-15-9-7-14(8-10-15)23-21(27)18-6-3-11-29-18/h1-12H,13H2,(H,23,27). The van der Waals surface area contributed by atoms with Crippen molar-refractivity contribution < 1.29 is 14.3 Å². The maximum atomic E-state index is 12.3. The summed E-state index contributed by atoms with van der Waals surface area (Å²) < 4.78 is 6.64. The van der Waals surface area contributed by atoms with Crippen molar-refractivity contribution in [2.24, 2.45) is 0 Å². The lowest BCUT2D eigenvalue weighted by molar-refractivity contribution is -0.135. The van der Waals surface area contributed by atoms with Gasteiger partial charge in [0.1, 0.15) is 12.3 Å². The van der Waals surface area contributed by atoms with Crippen LogP contribution in [0.1, 0.15) is 9.67 Å². The number of nitrogens with one attached hydrogen (secondary N) is 1. The Kier molecular flexibility index (Phi) is 5.17. The molecule has 0 atom stereocenters. The highest BCUT2D eigenvalue weighted by atomic mass is 32.1. The van der Waals surface area contributed by atoms with Crippen LogP contribution in [0.2, 0.25) is 0 Å². The minimum atomic E-state index is -0.584. The lowest BCUT2D eigenvalue weighted by Gasteiger charge is -2.10. The van der Waals surface area contributed by atoms with Crippen LogP contribution in [-0.4, -0.2) is 21.4 Å². The van der Waals surface area contributed by atoms with Crippen molar-refractivity contribution in [3.05, 3.63) is 87.5 Å². The number of anilines is 1. The van der Waals surface area contributed by atoms with Crippen molar-refractivity contribution >= 4 is 39.9 Å². The minimum Gasteiger partial charge on any atom is -0.425 e. The van der Waals surface area contributed by atoms with Gasteiger partial charge in [-0.2, -0.15) is 0 Å². The molecule has 0 aliphatic rings. The number of para-hydroxylation sites is 2. The van der Waals surface area contributed by atoms with Crippen LogP contribution < -0.4 is 15.6 Å². The van der Waals surface area contributed by atoms with Gasteiger partial charge in [0.2, 0.25) is 0 Å². The third-order valence-corrected chi connectivity index (χ3v) is 5.00. The lowest BCUT2D eigenvalue weighted by atomic mass is 10.3. The molecule has 0 fully saturated rings. The number of nitrogens with zero attached hydrogens (tertiary/aromatic N) is 2. The molecule has 0 aliphatic heterocycles. The highest BCUT2D eigenvalue weighted by Crippen LogP contribution is 2.18. The number of aromatic nitrogens is 2. The van der Waals surface area contributed by atoms with Gasteiger partial charge in [-0.1, -0.05) is 18.2 Å². The maximum Gasteiger partial charge on any atom is 0.331 e. The van der Waals surface area contributed by atoms with Crippen LogP contribution in [0.4, 0.5) is 5.69 Å². The molecule has 4 rings (SSSR count). The summed E-state index contributed by atoms with van der Waals surface area (Å²) in [4.78, 5) is 41.2. The monoisotopic (exact) mass is 405 g/mol. The molecule has 0 bridgehead atoms. The van der Waals surface area contributed by atoms with Gasteiger partial charge in [0.15, 0.2) is 0 Å². The Morgan fingerprint density at radius 2 is 1.83 bits per heavy atom. The van der Waals surface area contributed by atoms with Crippen molar-refractivity contribution in [1.29, 1.82) is 0 Å². The molecule has 1 amide bonds. The van der Waals surface area contributed by atoms with Crippen molar-refractivity contribution in [2.45, 2.75) is 6.54 Å². The summed E-state index contributed by atoms with van der Waals surface area (Å²) in [6.07, 6.45) is 1.18. The van der Waals surface area contributed by atoms with Crippen molar-refractivity contribution in [1.82, 2.24) is 9.55 Å².